The molecule has 0 aromatic heterocycles. The van der Waals surface area contributed by atoms with Gasteiger partial charge in [0.1, 0.15) is 0 Å². The van der Waals surface area contributed by atoms with Gasteiger partial charge in [-0.1, -0.05) is 0 Å². The number of fused-ring (bicyclic) bond motifs is 1. The van der Waals surface area contributed by atoms with Crippen molar-refractivity contribution < 1.29 is 0 Å². The maximum atomic E-state index is 3.60. The molecule has 2 heterocycles. The molecule has 0 amide bonds. The maximum Gasteiger partial charge on any atom is 0.0247 e. The first-order chi connectivity index (χ1) is 6.34. The molecule has 3 aliphatic rings. The Morgan fingerprint density at radius 2 is 2.00 bits per heavy atom. The highest BCUT2D eigenvalue weighted by molar-refractivity contribution is 5.00. The fraction of sp³-hybridized carbons (Fsp3) is 1.00. The molecular formula is C11H20N2. The summed E-state index contributed by atoms with van der Waals surface area (Å²) in [5.74, 6) is 2.18. The minimum absolute atomic E-state index is 0.728. The Balaban J connectivity index is 1.63. The summed E-state index contributed by atoms with van der Waals surface area (Å²) in [4.78, 5) is 2.75. The largest absolute Gasteiger partial charge is 0.313 e. The lowest BCUT2D eigenvalue weighted by Crippen LogP contribution is -2.51. The van der Waals surface area contributed by atoms with Gasteiger partial charge in [0, 0.05) is 25.2 Å². The summed E-state index contributed by atoms with van der Waals surface area (Å²) >= 11 is 0. The van der Waals surface area contributed by atoms with Crippen LogP contribution in [0.4, 0.5) is 0 Å². The van der Waals surface area contributed by atoms with Gasteiger partial charge in [-0.05, 0) is 44.6 Å². The van der Waals surface area contributed by atoms with Crippen molar-refractivity contribution in [1.29, 1.82) is 0 Å². The van der Waals surface area contributed by atoms with Crippen LogP contribution in [0, 0.1) is 11.8 Å². The van der Waals surface area contributed by atoms with Gasteiger partial charge in [0.25, 0.3) is 0 Å². The second-order valence-electron chi connectivity index (χ2n) is 5.16. The molecule has 2 heteroatoms. The Morgan fingerprint density at radius 1 is 1.23 bits per heavy atom. The molecule has 0 radical (unpaired) electrons. The lowest BCUT2D eigenvalue weighted by Gasteiger charge is -2.37. The zero-order chi connectivity index (χ0) is 8.84. The third kappa shape index (κ3) is 1.40. The van der Waals surface area contributed by atoms with Crippen LogP contribution in [-0.2, 0) is 0 Å². The van der Waals surface area contributed by atoms with Crippen molar-refractivity contribution in [3.05, 3.63) is 0 Å². The molecule has 0 aromatic carbocycles. The monoisotopic (exact) mass is 180 g/mol. The summed E-state index contributed by atoms with van der Waals surface area (Å²) in [6.45, 7) is 6.40. The minimum atomic E-state index is 0.728. The molecule has 4 unspecified atom stereocenters. The number of piperidine rings is 2. The highest BCUT2D eigenvalue weighted by Gasteiger charge is 2.47. The number of likely N-dealkylation sites (tertiary alicyclic amines) is 1. The van der Waals surface area contributed by atoms with Crippen molar-refractivity contribution in [2.75, 3.05) is 19.6 Å². The second kappa shape index (κ2) is 2.96. The van der Waals surface area contributed by atoms with Crippen molar-refractivity contribution in [1.82, 2.24) is 10.2 Å². The lowest BCUT2D eigenvalue weighted by atomic mass is 9.98. The molecule has 74 valence electrons. The Bertz CT molecular complexity index is 194. The molecule has 0 aromatic rings. The van der Waals surface area contributed by atoms with E-state index in [-0.39, 0.29) is 0 Å². The second-order valence-corrected chi connectivity index (χ2v) is 5.16. The molecule has 2 nitrogen and oxygen atoms in total. The highest BCUT2D eigenvalue weighted by Crippen LogP contribution is 2.46. The third-order valence-electron chi connectivity index (χ3n) is 4.20. The van der Waals surface area contributed by atoms with Crippen LogP contribution >= 0.6 is 0 Å². The van der Waals surface area contributed by atoms with E-state index >= 15 is 0 Å². The molecule has 1 N–H and O–H groups in total. The maximum absolute atomic E-state index is 3.60. The van der Waals surface area contributed by atoms with Crippen LogP contribution in [0.5, 0.6) is 0 Å². The molecule has 0 bridgehead atoms. The van der Waals surface area contributed by atoms with Crippen LogP contribution in [-0.4, -0.2) is 36.6 Å². The Labute approximate surface area is 80.7 Å². The molecule has 4 atom stereocenters. The summed E-state index contributed by atoms with van der Waals surface area (Å²) in [5.41, 5.74) is 0. The summed E-state index contributed by atoms with van der Waals surface area (Å²) in [7, 11) is 0. The molecule has 0 spiro atoms. The highest BCUT2D eigenvalue weighted by atomic mass is 15.2. The number of nitrogens with one attached hydrogen (secondary N) is 1. The normalized spacial score (nSPS) is 50.5. The quantitative estimate of drug-likeness (QED) is 0.649. The van der Waals surface area contributed by atoms with E-state index < -0.39 is 0 Å². The van der Waals surface area contributed by atoms with E-state index in [0.717, 1.165) is 23.9 Å². The number of hydrogen-bond donors (Lipinski definition) is 1. The Morgan fingerprint density at radius 3 is 2.69 bits per heavy atom. The van der Waals surface area contributed by atoms with Gasteiger partial charge in [-0.15, -0.1) is 0 Å². The molecule has 3 rings (SSSR count). The Kier molecular flexibility index (Phi) is 1.88. The summed E-state index contributed by atoms with van der Waals surface area (Å²) in [6, 6.07) is 1.58. The lowest BCUT2D eigenvalue weighted by molar-refractivity contribution is 0.149. The molecule has 1 saturated carbocycles. The van der Waals surface area contributed by atoms with Crippen molar-refractivity contribution in [2.45, 2.75) is 38.3 Å². The fourth-order valence-electron chi connectivity index (χ4n) is 3.23. The summed E-state index contributed by atoms with van der Waals surface area (Å²) in [5, 5.41) is 3.60. The summed E-state index contributed by atoms with van der Waals surface area (Å²) in [6.07, 6.45) is 4.33. The van der Waals surface area contributed by atoms with E-state index in [0.29, 0.717) is 0 Å². The third-order valence-corrected chi connectivity index (χ3v) is 4.20. The predicted octanol–water partition coefficient (Wildman–Crippen LogP) is 1.08. The van der Waals surface area contributed by atoms with Gasteiger partial charge in [-0.2, -0.15) is 0 Å². The van der Waals surface area contributed by atoms with Crippen LogP contribution in [0.1, 0.15) is 26.2 Å². The smallest absolute Gasteiger partial charge is 0.0247 e. The fourth-order valence-corrected chi connectivity index (χ4v) is 3.23. The van der Waals surface area contributed by atoms with Crippen molar-refractivity contribution in [2.24, 2.45) is 11.8 Å². The van der Waals surface area contributed by atoms with Gasteiger partial charge in [-0.3, -0.25) is 4.90 Å². The van der Waals surface area contributed by atoms with Gasteiger partial charge in [0.2, 0.25) is 0 Å². The van der Waals surface area contributed by atoms with Gasteiger partial charge >= 0.3 is 0 Å². The van der Waals surface area contributed by atoms with Gasteiger partial charge in [0.15, 0.2) is 0 Å². The van der Waals surface area contributed by atoms with Crippen molar-refractivity contribution >= 4 is 0 Å². The zero-order valence-electron chi connectivity index (χ0n) is 8.50. The van der Waals surface area contributed by atoms with Gasteiger partial charge < -0.3 is 5.32 Å². The van der Waals surface area contributed by atoms with E-state index in [2.05, 4.69) is 17.1 Å². The van der Waals surface area contributed by atoms with Crippen LogP contribution < -0.4 is 5.32 Å². The summed E-state index contributed by atoms with van der Waals surface area (Å²) < 4.78 is 0. The van der Waals surface area contributed by atoms with E-state index in [1.54, 1.807) is 0 Å². The van der Waals surface area contributed by atoms with Crippen LogP contribution in [0.2, 0.25) is 0 Å². The first kappa shape index (κ1) is 8.25. The van der Waals surface area contributed by atoms with E-state index in [1.807, 2.05) is 0 Å². The zero-order valence-corrected chi connectivity index (χ0v) is 8.50. The molecule has 13 heavy (non-hydrogen) atoms. The molecule has 2 aliphatic heterocycles. The number of rotatable bonds is 1. The van der Waals surface area contributed by atoms with Crippen LogP contribution in [0.25, 0.3) is 0 Å². The first-order valence-electron chi connectivity index (χ1n) is 5.82. The minimum Gasteiger partial charge on any atom is -0.313 e. The number of nitrogens with zero attached hydrogens (tertiary/aromatic N) is 1. The topological polar surface area (TPSA) is 15.3 Å². The first-order valence-corrected chi connectivity index (χ1v) is 5.82. The van der Waals surface area contributed by atoms with Gasteiger partial charge in [-0.25, -0.2) is 0 Å². The van der Waals surface area contributed by atoms with Crippen molar-refractivity contribution in [3.8, 4) is 0 Å². The van der Waals surface area contributed by atoms with Crippen LogP contribution in [0.3, 0.4) is 0 Å². The predicted molar refractivity (Wildman–Crippen MR) is 53.7 cm³/mol. The van der Waals surface area contributed by atoms with E-state index in [4.69, 9.17) is 0 Å². The average molecular weight is 180 g/mol. The van der Waals surface area contributed by atoms with Gasteiger partial charge in [0.05, 0.1) is 0 Å². The van der Waals surface area contributed by atoms with Crippen molar-refractivity contribution in [3.63, 3.8) is 0 Å². The standard InChI is InChI=1S/C11H20N2/c1-8-11(3-2-4-12-8)13-6-9-5-10(9)7-13/h8-12H,2-7H2,1H3. The SMILES string of the molecule is CC1NCCCC1N1CC2CC2C1. The van der Waals surface area contributed by atoms with E-state index in [1.165, 1.54) is 38.9 Å². The number of hydrogen-bond acceptors (Lipinski definition) is 2. The van der Waals surface area contributed by atoms with E-state index in [9.17, 15) is 0 Å². The Hall–Kier alpha value is -0.0800. The van der Waals surface area contributed by atoms with Crippen LogP contribution in [0.15, 0.2) is 0 Å². The molecule has 1 aliphatic carbocycles. The average Bonchev–Trinajstić information content (AvgIpc) is 2.75. The molecule has 2 saturated heterocycles. The molecular weight excluding hydrogens is 160 g/mol. The molecule has 3 fully saturated rings.